The molecule has 0 aliphatic carbocycles. The smallest absolute Gasteiger partial charge is 0.270 e. The maximum atomic E-state index is 12.5. The number of nitro groups is 1. The Morgan fingerprint density at radius 1 is 1.21 bits per heavy atom. The number of nitrogens with zero attached hydrogens (tertiary/aromatic N) is 2. The molecule has 0 spiro atoms. The molecule has 0 aliphatic heterocycles. The predicted molar refractivity (Wildman–Crippen MR) is 93.0 cm³/mol. The van der Waals surface area contributed by atoms with Crippen LogP contribution < -0.4 is 15.0 Å². The molecule has 126 valence electrons. The first-order valence-corrected chi connectivity index (χ1v) is 7.42. The van der Waals surface area contributed by atoms with Crippen LogP contribution in [0.3, 0.4) is 0 Å². The van der Waals surface area contributed by atoms with Crippen molar-refractivity contribution in [3.63, 3.8) is 0 Å². The van der Waals surface area contributed by atoms with E-state index in [1.165, 1.54) is 12.1 Å². The summed E-state index contributed by atoms with van der Waals surface area (Å²) in [5, 5.41) is 13.7. The van der Waals surface area contributed by atoms with Gasteiger partial charge in [0, 0.05) is 37.6 Å². The van der Waals surface area contributed by atoms with Crippen LogP contribution in [-0.2, 0) is 0 Å². The van der Waals surface area contributed by atoms with Crippen molar-refractivity contribution < 1.29 is 14.5 Å². The van der Waals surface area contributed by atoms with Crippen LogP contribution >= 0.6 is 0 Å². The maximum Gasteiger partial charge on any atom is 0.270 e. The Hall–Kier alpha value is -3.09. The highest BCUT2D eigenvalue weighted by Crippen LogP contribution is 2.25. The summed E-state index contributed by atoms with van der Waals surface area (Å²) in [5.41, 5.74) is 1.30. The first-order chi connectivity index (χ1) is 11.4. The second kappa shape index (κ2) is 7.45. The number of nitro benzene ring substituents is 1. The first kappa shape index (κ1) is 17.3. The molecule has 24 heavy (non-hydrogen) atoms. The molecule has 0 unspecified atom stereocenters. The van der Waals surface area contributed by atoms with E-state index in [9.17, 15) is 14.9 Å². The lowest BCUT2D eigenvalue weighted by atomic mass is 10.1. The van der Waals surface area contributed by atoms with Gasteiger partial charge in [0.05, 0.1) is 17.1 Å². The van der Waals surface area contributed by atoms with E-state index in [2.05, 4.69) is 5.32 Å². The van der Waals surface area contributed by atoms with E-state index in [-0.39, 0.29) is 11.3 Å². The van der Waals surface area contributed by atoms with E-state index in [0.717, 1.165) is 0 Å². The Bertz CT molecular complexity index is 742. The van der Waals surface area contributed by atoms with Gasteiger partial charge in [-0.1, -0.05) is 0 Å². The Morgan fingerprint density at radius 2 is 1.88 bits per heavy atom. The van der Waals surface area contributed by atoms with Crippen LogP contribution in [0, 0.1) is 10.1 Å². The Labute approximate surface area is 140 Å². The van der Waals surface area contributed by atoms with Crippen molar-refractivity contribution in [1.29, 1.82) is 0 Å². The van der Waals surface area contributed by atoms with Gasteiger partial charge in [-0.15, -0.1) is 0 Å². The SMILES string of the molecule is CCOc1ccc(NC(=O)c2cc([N+](=O)[O-])ccc2N(C)C)cc1. The second-order valence-corrected chi connectivity index (χ2v) is 5.26. The molecule has 7 nitrogen and oxygen atoms in total. The van der Waals surface area contributed by atoms with E-state index in [0.29, 0.717) is 23.7 Å². The number of ether oxygens (including phenoxy) is 1. The average molecular weight is 329 g/mol. The molecule has 0 atom stereocenters. The van der Waals surface area contributed by atoms with Gasteiger partial charge in [0.25, 0.3) is 11.6 Å². The lowest BCUT2D eigenvalue weighted by molar-refractivity contribution is -0.384. The van der Waals surface area contributed by atoms with Crippen LogP contribution in [0.1, 0.15) is 17.3 Å². The summed E-state index contributed by atoms with van der Waals surface area (Å²) in [6, 6.07) is 11.2. The minimum Gasteiger partial charge on any atom is -0.494 e. The molecular formula is C17H19N3O4. The zero-order valence-electron chi connectivity index (χ0n) is 13.8. The van der Waals surface area contributed by atoms with Crippen molar-refractivity contribution in [2.75, 3.05) is 30.9 Å². The van der Waals surface area contributed by atoms with E-state index in [4.69, 9.17) is 4.74 Å². The number of hydrogen-bond acceptors (Lipinski definition) is 5. The molecule has 0 radical (unpaired) electrons. The van der Waals surface area contributed by atoms with Gasteiger partial charge in [-0.05, 0) is 37.3 Å². The highest BCUT2D eigenvalue weighted by Gasteiger charge is 2.18. The fraction of sp³-hybridized carbons (Fsp3) is 0.235. The van der Waals surface area contributed by atoms with E-state index < -0.39 is 10.8 Å². The molecule has 0 fully saturated rings. The fourth-order valence-electron chi connectivity index (χ4n) is 2.21. The number of rotatable bonds is 6. The molecule has 1 N–H and O–H groups in total. The molecule has 2 rings (SSSR count). The molecular weight excluding hydrogens is 310 g/mol. The van der Waals surface area contributed by atoms with E-state index in [1.807, 2.05) is 6.92 Å². The van der Waals surface area contributed by atoms with Gasteiger partial charge in [-0.3, -0.25) is 14.9 Å². The Balaban J connectivity index is 2.27. The van der Waals surface area contributed by atoms with E-state index in [1.54, 1.807) is 49.3 Å². The molecule has 0 bridgehead atoms. The third-order valence-electron chi connectivity index (χ3n) is 3.34. The maximum absolute atomic E-state index is 12.5. The van der Waals surface area contributed by atoms with Crippen LogP contribution in [0.2, 0.25) is 0 Å². The lowest BCUT2D eigenvalue weighted by Gasteiger charge is -2.17. The van der Waals surface area contributed by atoms with Crippen LogP contribution in [-0.4, -0.2) is 31.5 Å². The molecule has 2 aromatic rings. The van der Waals surface area contributed by atoms with Gasteiger partial charge in [0.1, 0.15) is 5.75 Å². The van der Waals surface area contributed by atoms with Crippen LogP contribution in [0.4, 0.5) is 17.1 Å². The summed E-state index contributed by atoms with van der Waals surface area (Å²) in [4.78, 5) is 24.7. The lowest BCUT2D eigenvalue weighted by Crippen LogP contribution is -2.18. The minimum atomic E-state index is -0.521. The van der Waals surface area contributed by atoms with Crippen LogP contribution in [0.5, 0.6) is 5.75 Å². The number of amides is 1. The summed E-state index contributed by atoms with van der Waals surface area (Å²) in [6.07, 6.45) is 0. The number of anilines is 2. The zero-order chi connectivity index (χ0) is 17.7. The van der Waals surface area contributed by atoms with Gasteiger partial charge in [0.2, 0.25) is 0 Å². The summed E-state index contributed by atoms with van der Waals surface area (Å²) in [6.45, 7) is 2.45. The van der Waals surface area contributed by atoms with Gasteiger partial charge < -0.3 is 15.0 Å². The quantitative estimate of drug-likeness (QED) is 0.649. The van der Waals surface area contributed by atoms with Crippen LogP contribution in [0.15, 0.2) is 42.5 Å². The van der Waals surface area contributed by atoms with Gasteiger partial charge >= 0.3 is 0 Å². The number of nitrogens with one attached hydrogen (secondary N) is 1. The molecule has 0 saturated carbocycles. The zero-order valence-corrected chi connectivity index (χ0v) is 13.8. The third kappa shape index (κ3) is 4.01. The molecule has 2 aromatic carbocycles. The highest BCUT2D eigenvalue weighted by molar-refractivity contribution is 6.08. The van der Waals surface area contributed by atoms with Crippen molar-refractivity contribution in [3.8, 4) is 5.75 Å². The highest BCUT2D eigenvalue weighted by atomic mass is 16.6. The van der Waals surface area contributed by atoms with Crippen molar-refractivity contribution >= 4 is 23.0 Å². The summed E-state index contributed by atoms with van der Waals surface area (Å²) in [5.74, 6) is 0.298. The van der Waals surface area contributed by atoms with Crippen molar-refractivity contribution in [3.05, 3.63) is 58.1 Å². The second-order valence-electron chi connectivity index (χ2n) is 5.26. The normalized spacial score (nSPS) is 10.1. The van der Waals surface area contributed by atoms with Gasteiger partial charge in [0.15, 0.2) is 0 Å². The fourth-order valence-corrected chi connectivity index (χ4v) is 2.21. The standard InChI is InChI=1S/C17H19N3O4/c1-4-24-14-8-5-12(6-9-14)18-17(21)15-11-13(20(22)23)7-10-16(15)19(2)3/h5-11H,4H2,1-3H3,(H,18,21). The predicted octanol–water partition coefficient (Wildman–Crippen LogP) is 3.31. The minimum absolute atomic E-state index is 0.127. The summed E-state index contributed by atoms with van der Waals surface area (Å²) >= 11 is 0. The molecule has 0 aliphatic rings. The number of hydrogen-bond donors (Lipinski definition) is 1. The average Bonchev–Trinajstić information content (AvgIpc) is 2.56. The molecule has 7 heteroatoms. The van der Waals surface area contributed by atoms with Crippen molar-refractivity contribution in [2.45, 2.75) is 6.92 Å². The first-order valence-electron chi connectivity index (χ1n) is 7.42. The molecule has 0 heterocycles. The summed E-state index contributed by atoms with van der Waals surface area (Å²) in [7, 11) is 3.55. The van der Waals surface area contributed by atoms with Crippen molar-refractivity contribution in [2.24, 2.45) is 0 Å². The van der Waals surface area contributed by atoms with Gasteiger partial charge in [-0.25, -0.2) is 0 Å². The molecule has 0 saturated heterocycles. The number of benzene rings is 2. The third-order valence-corrected chi connectivity index (χ3v) is 3.34. The number of carbonyl (C=O) groups excluding carboxylic acids is 1. The summed E-state index contributed by atoms with van der Waals surface area (Å²) < 4.78 is 5.35. The number of non-ortho nitro benzene ring substituents is 1. The van der Waals surface area contributed by atoms with Crippen LogP contribution in [0.25, 0.3) is 0 Å². The van der Waals surface area contributed by atoms with Gasteiger partial charge in [-0.2, -0.15) is 0 Å². The monoisotopic (exact) mass is 329 g/mol. The van der Waals surface area contributed by atoms with E-state index >= 15 is 0 Å². The van der Waals surface area contributed by atoms with Crippen molar-refractivity contribution in [1.82, 2.24) is 0 Å². The molecule has 0 aromatic heterocycles. The Morgan fingerprint density at radius 3 is 2.42 bits per heavy atom. The largest absolute Gasteiger partial charge is 0.494 e. The molecule has 1 amide bonds. The topological polar surface area (TPSA) is 84.7 Å². The number of carbonyl (C=O) groups is 1. The Kier molecular flexibility index (Phi) is 5.36.